The van der Waals surface area contributed by atoms with Gasteiger partial charge in [0.05, 0.1) is 15.5 Å². The van der Waals surface area contributed by atoms with Crippen molar-refractivity contribution in [2.45, 2.75) is 9.79 Å². The molecule has 0 amide bonds. The summed E-state index contributed by atoms with van der Waals surface area (Å²) in [6.07, 6.45) is 0.984. The number of para-hydroxylation sites is 1. The van der Waals surface area contributed by atoms with E-state index in [0.29, 0.717) is 0 Å². The van der Waals surface area contributed by atoms with Gasteiger partial charge in [0, 0.05) is 6.26 Å². The molecule has 8 heteroatoms. The van der Waals surface area contributed by atoms with Crippen molar-refractivity contribution in [1.82, 2.24) is 0 Å². The van der Waals surface area contributed by atoms with Crippen LogP contribution in [0.2, 0.25) is 0 Å². The molecule has 0 aliphatic rings. The van der Waals surface area contributed by atoms with Crippen LogP contribution in [0.25, 0.3) is 0 Å². The highest BCUT2D eigenvalue weighted by molar-refractivity contribution is 7.93. The molecule has 0 bridgehead atoms. The van der Waals surface area contributed by atoms with Gasteiger partial charge in [0.2, 0.25) is 0 Å². The lowest BCUT2D eigenvalue weighted by molar-refractivity contribution is 0.599. The van der Waals surface area contributed by atoms with Gasteiger partial charge in [-0.1, -0.05) is 12.1 Å². The highest BCUT2D eigenvalue weighted by Crippen LogP contribution is 2.23. The number of rotatable bonds is 4. The Bertz CT molecular complexity index is 859. The summed E-state index contributed by atoms with van der Waals surface area (Å²) >= 11 is 0. The molecule has 0 aliphatic heterocycles. The molecule has 21 heavy (non-hydrogen) atoms. The minimum atomic E-state index is -3.99. The zero-order chi connectivity index (χ0) is 15.7. The third kappa shape index (κ3) is 3.59. The molecule has 0 unspecified atom stereocenters. The first-order valence-electron chi connectivity index (χ1n) is 5.77. The summed E-state index contributed by atoms with van der Waals surface area (Å²) in [6.45, 7) is 0. The van der Waals surface area contributed by atoms with Gasteiger partial charge in [-0.2, -0.15) is 0 Å². The molecule has 2 aromatic carbocycles. The van der Waals surface area contributed by atoms with E-state index in [9.17, 15) is 21.2 Å². The summed E-state index contributed by atoms with van der Waals surface area (Å²) in [6, 6.07) is 9.87. The van der Waals surface area contributed by atoms with Crippen molar-refractivity contribution < 1.29 is 21.2 Å². The molecule has 0 saturated carbocycles. The summed E-state index contributed by atoms with van der Waals surface area (Å²) in [5, 5.41) is 0. The average molecular weight is 329 g/mol. The van der Waals surface area contributed by atoms with Crippen LogP contribution in [0.4, 0.5) is 10.1 Å². The van der Waals surface area contributed by atoms with Crippen LogP contribution >= 0.6 is 0 Å². The molecule has 5 nitrogen and oxygen atoms in total. The third-order valence-electron chi connectivity index (χ3n) is 2.65. The van der Waals surface area contributed by atoms with Gasteiger partial charge in [0.15, 0.2) is 9.84 Å². The molecule has 0 aromatic heterocycles. The smallest absolute Gasteiger partial charge is 0.261 e. The lowest BCUT2D eigenvalue weighted by atomic mass is 10.3. The summed E-state index contributed by atoms with van der Waals surface area (Å²) in [5.74, 6) is -0.564. The maximum Gasteiger partial charge on any atom is 0.261 e. The largest absolute Gasteiger partial charge is 0.278 e. The molecule has 1 N–H and O–H groups in total. The highest BCUT2D eigenvalue weighted by atomic mass is 32.2. The normalized spacial score (nSPS) is 12.1. The zero-order valence-electron chi connectivity index (χ0n) is 10.9. The van der Waals surface area contributed by atoms with Crippen LogP contribution in [-0.2, 0) is 19.9 Å². The maximum atomic E-state index is 12.8. The molecule has 0 saturated heterocycles. The average Bonchev–Trinajstić information content (AvgIpc) is 2.38. The quantitative estimate of drug-likeness (QED) is 0.931. The monoisotopic (exact) mass is 329 g/mol. The van der Waals surface area contributed by atoms with E-state index in [1.54, 1.807) is 0 Å². The van der Waals surface area contributed by atoms with E-state index in [1.165, 1.54) is 24.3 Å². The number of hydrogen-bond donors (Lipinski definition) is 1. The molecule has 0 fully saturated rings. The van der Waals surface area contributed by atoms with Crippen LogP contribution in [-0.4, -0.2) is 23.1 Å². The Kier molecular flexibility index (Phi) is 4.02. The van der Waals surface area contributed by atoms with E-state index < -0.39 is 25.7 Å². The van der Waals surface area contributed by atoms with Crippen molar-refractivity contribution >= 4 is 25.5 Å². The first-order valence-corrected chi connectivity index (χ1v) is 9.15. The SMILES string of the molecule is CS(=O)(=O)c1ccccc1NS(=O)(=O)c1ccc(F)cc1. The van der Waals surface area contributed by atoms with E-state index >= 15 is 0 Å². The molecule has 112 valence electrons. The lowest BCUT2D eigenvalue weighted by Crippen LogP contribution is -2.15. The Morgan fingerprint density at radius 3 is 2.05 bits per heavy atom. The number of sulfone groups is 1. The van der Waals surface area contributed by atoms with Crippen LogP contribution < -0.4 is 4.72 Å². The highest BCUT2D eigenvalue weighted by Gasteiger charge is 2.19. The Labute approximate surface area is 122 Å². The topological polar surface area (TPSA) is 80.3 Å². The summed E-state index contributed by atoms with van der Waals surface area (Å²) in [4.78, 5) is -0.289. The van der Waals surface area contributed by atoms with Gasteiger partial charge in [-0.3, -0.25) is 4.72 Å². The fourth-order valence-corrected chi connectivity index (χ4v) is 3.68. The molecular weight excluding hydrogens is 317 g/mol. The number of benzene rings is 2. The predicted molar refractivity (Wildman–Crippen MR) is 76.8 cm³/mol. The number of hydrogen-bond acceptors (Lipinski definition) is 4. The minimum Gasteiger partial charge on any atom is -0.278 e. The van der Waals surface area contributed by atoms with Crippen LogP contribution in [0.15, 0.2) is 58.3 Å². The standard InChI is InChI=1S/C13H12FNO4S2/c1-20(16,17)13-5-3-2-4-12(13)15-21(18,19)11-8-6-10(14)7-9-11/h2-9,15H,1H3. The Balaban J connectivity index is 2.45. The van der Waals surface area contributed by atoms with Gasteiger partial charge >= 0.3 is 0 Å². The van der Waals surface area contributed by atoms with Crippen LogP contribution in [0, 0.1) is 5.82 Å². The first kappa shape index (κ1) is 15.5. The van der Waals surface area contributed by atoms with Crippen LogP contribution in [0.5, 0.6) is 0 Å². The molecule has 2 rings (SSSR count). The van der Waals surface area contributed by atoms with Gasteiger partial charge in [0.25, 0.3) is 10.0 Å². The molecule has 0 spiro atoms. The Morgan fingerprint density at radius 1 is 0.905 bits per heavy atom. The zero-order valence-corrected chi connectivity index (χ0v) is 12.6. The van der Waals surface area contributed by atoms with E-state index in [1.807, 2.05) is 0 Å². The van der Waals surface area contributed by atoms with E-state index in [0.717, 1.165) is 30.5 Å². The fraction of sp³-hybridized carbons (Fsp3) is 0.0769. The number of nitrogens with one attached hydrogen (secondary N) is 1. The van der Waals surface area contributed by atoms with Crippen molar-refractivity contribution in [2.24, 2.45) is 0 Å². The van der Waals surface area contributed by atoms with Gasteiger partial charge in [-0.25, -0.2) is 21.2 Å². The number of anilines is 1. The predicted octanol–water partition coefficient (Wildman–Crippen LogP) is 2.03. The molecule has 2 aromatic rings. The van der Waals surface area contributed by atoms with E-state index in [4.69, 9.17) is 0 Å². The number of halogens is 1. The lowest BCUT2D eigenvalue weighted by Gasteiger charge is -2.11. The number of sulfonamides is 1. The van der Waals surface area contributed by atoms with Crippen molar-refractivity contribution in [1.29, 1.82) is 0 Å². The van der Waals surface area contributed by atoms with E-state index in [2.05, 4.69) is 4.72 Å². The van der Waals surface area contributed by atoms with E-state index in [-0.39, 0.29) is 15.5 Å². The molecule has 0 radical (unpaired) electrons. The van der Waals surface area contributed by atoms with Gasteiger partial charge in [0.1, 0.15) is 5.82 Å². The van der Waals surface area contributed by atoms with Gasteiger partial charge < -0.3 is 0 Å². The van der Waals surface area contributed by atoms with Crippen molar-refractivity contribution in [3.8, 4) is 0 Å². The summed E-state index contributed by atoms with van der Waals surface area (Å²) in [5.41, 5.74) is -0.0516. The molecule has 0 atom stereocenters. The van der Waals surface area contributed by atoms with Crippen molar-refractivity contribution in [2.75, 3.05) is 11.0 Å². The summed E-state index contributed by atoms with van der Waals surface area (Å²) < 4.78 is 62.6. The van der Waals surface area contributed by atoms with Crippen LogP contribution in [0.1, 0.15) is 0 Å². The third-order valence-corrected chi connectivity index (χ3v) is 5.19. The second kappa shape index (κ2) is 5.45. The second-order valence-electron chi connectivity index (χ2n) is 4.33. The van der Waals surface area contributed by atoms with Crippen molar-refractivity contribution in [3.63, 3.8) is 0 Å². The molecule has 0 heterocycles. The molecule has 0 aliphatic carbocycles. The van der Waals surface area contributed by atoms with Gasteiger partial charge in [-0.15, -0.1) is 0 Å². The van der Waals surface area contributed by atoms with Crippen LogP contribution in [0.3, 0.4) is 0 Å². The minimum absolute atomic E-state index is 0.0516. The Morgan fingerprint density at radius 2 is 1.48 bits per heavy atom. The van der Waals surface area contributed by atoms with Gasteiger partial charge in [-0.05, 0) is 36.4 Å². The fourth-order valence-electron chi connectivity index (χ4n) is 1.69. The van der Waals surface area contributed by atoms with Crippen molar-refractivity contribution in [3.05, 3.63) is 54.3 Å². The summed E-state index contributed by atoms with van der Waals surface area (Å²) in [7, 11) is -7.58. The molecular formula is C13H12FNO4S2. The first-order chi connectivity index (χ1) is 9.70. The Hall–Kier alpha value is -1.93. The maximum absolute atomic E-state index is 12.8. The second-order valence-corrected chi connectivity index (χ2v) is 7.99.